The second-order valence-corrected chi connectivity index (χ2v) is 3.15. The zero-order chi connectivity index (χ0) is 11.4. The normalized spacial score (nSPS) is 11.9. The maximum Gasteiger partial charge on any atom is 0.161 e. The minimum absolute atomic E-state index is 0.0243. The smallest absolute Gasteiger partial charge is 0.161 e. The Hall–Kier alpha value is -1.29. The molecule has 0 amide bonds. The molecule has 0 saturated heterocycles. The van der Waals surface area contributed by atoms with Gasteiger partial charge in [-0.25, -0.2) is 13.2 Å². The molecule has 0 atom stereocenters. The molecule has 1 aromatic rings. The highest BCUT2D eigenvalue weighted by atomic mass is 19.2. The largest absolute Gasteiger partial charge is 0.327 e. The van der Waals surface area contributed by atoms with Crippen molar-refractivity contribution in [3.63, 3.8) is 0 Å². The first kappa shape index (κ1) is 11.8. The first-order valence-electron chi connectivity index (χ1n) is 4.62. The summed E-state index contributed by atoms with van der Waals surface area (Å²) in [7, 11) is 0. The van der Waals surface area contributed by atoms with Crippen LogP contribution in [-0.4, -0.2) is 6.54 Å². The molecule has 1 rings (SSSR count). The zero-order valence-corrected chi connectivity index (χ0v) is 8.36. The fraction of sp³-hybridized carbons (Fsp3) is 0.273. The van der Waals surface area contributed by atoms with E-state index in [4.69, 9.17) is 5.73 Å². The summed E-state index contributed by atoms with van der Waals surface area (Å²) in [5.41, 5.74) is 6.19. The van der Waals surface area contributed by atoms with E-state index in [1.165, 1.54) is 6.08 Å². The van der Waals surface area contributed by atoms with Gasteiger partial charge in [0.25, 0.3) is 0 Å². The molecule has 2 N–H and O–H groups in total. The average molecular weight is 215 g/mol. The Morgan fingerprint density at radius 1 is 1.20 bits per heavy atom. The molecule has 0 fully saturated rings. The Labute approximate surface area is 86.4 Å². The molecular formula is C11H12F3N. The van der Waals surface area contributed by atoms with Crippen LogP contribution in [0.1, 0.15) is 18.9 Å². The Morgan fingerprint density at radius 3 is 2.33 bits per heavy atom. The Morgan fingerprint density at radius 2 is 1.80 bits per heavy atom. The van der Waals surface area contributed by atoms with E-state index in [-0.39, 0.29) is 12.1 Å². The van der Waals surface area contributed by atoms with Crippen molar-refractivity contribution in [3.8, 4) is 0 Å². The lowest BCUT2D eigenvalue weighted by molar-refractivity contribution is 0.494. The van der Waals surface area contributed by atoms with Crippen LogP contribution in [0, 0.1) is 17.5 Å². The van der Waals surface area contributed by atoms with Crippen LogP contribution in [0.5, 0.6) is 0 Å². The predicted molar refractivity (Wildman–Crippen MR) is 53.6 cm³/mol. The van der Waals surface area contributed by atoms with Gasteiger partial charge in [-0.05, 0) is 12.5 Å². The van der Waals surface area contributed by atoms with Crippen molar-refractivity contribution >= 4 is 6.08 Å². The molecule has 4 heteroatoms. The Kier molecular flexibility index (Phi) is 3.91. The highest BCUT2D eigenvalue weighted by Gasteiger charge is 2.08. The maximum absolute atomic E-state index is 13.2. The van der Waals surface area contributed by atoms with E-state index in [1.54, 1.807) is 0 Å². The lowest BCUT2D eigenvalue weighted by atomic mass is 10.1. The predicted octanol–water partition coefficient (Wildman–Crippen LogP) is 2.86. The third-order valence-corrected chi connectivity index (χ3v) is 2.12. The summed E-state index contributed by atoms with van der Waals surface area (Å²) in [6.07, 6.45) is 2.09. The summed E-state index contributed by atoms with van der Waals surface area (Å²) in [5.74, 6) is -3.03. The summed E-state index contributed by atoms with van der Waals surface area (Å²) in [5, 5.41) is 0. The van der Waals surface area contributed by atoms with Gasteiger partial charge >= 0.3 is 0 Å². The van der Waals surface area contributed by atoms with Crippen molar-refractivity contribution in [1.29, 1.82) is 0 Å². The molecule has 0 aliphatic carbocycles. The lowest BCUT2D eigenvalue weighted by Gasteiger charge is -2.03. The number of benzene rings is 1. The van der Waals surface area contributed by atoms with E-state index in [2.05, 4.69) is 0 Å². The van der Waals surface area contributed by atoms with E-state index >= 15 is 0 Å². The Bertz CT molecular complexity index is 380. The molecule has 1 nitrogen and oxygen atoms in total. The minimum atomic E-state index is -1.18. The van der Waals surface area contributed by atoms with Crippen molar-refractivity contribution in [1.82, 2.24) is 0 Å². The van der Waals surface area contributed by atoms with Gasteiger partial charge in [-0.3, -0.25) is 0 Å². The summed E-state index contributed by atoms with van der Waals surface area (Å²) >= 11 is 0. The van der Waals surface area contributed by atoms with Gasteiger partial charge in [0.05, 0.1) is 0 Å². The third-order valence-electron chi connectivity index (χ3n) is 2.12. The van der Waals surface area contributed by atoms with Crippen molar-refractivity contribution in [2.45, 2.75) is 13.3 Å². The van der Waals surface area contributed by atoms with Crippen LogP contribution in [0.15, 0.2) is 17.7 Å². The van der Waals surface area contributed by atoms with Crippen LogP contribution in [0.3, 0.4) is 0 Å². The number of hydrogen-bond acceptors (Lipinski definition) is 1. The molecule has 0 spiro atoms. The first-order chi connectivity index (χ1) is 7.08. The monoisotopic (exact) mass is 215 g/mol. The minimum Gasteiger partial charge on any atom is -0.327 e. The second kappa shape index (κ2) is 4.98. The number of rotatable bonds is 3. The second-order valence-electron chi connectivity index (χ2n) is 3.15. The van der Waals surface area contributed by atoms with Crippen molar-refractivity contribution in [2.24, 2.45) is 5.73 Å². The fourth-order valence-corrected chi connectivity index (χ4v) is 1.17. The van der Waals surface area contributed by atoms with E-state index < -0.39 is 17.5 Å². The van der Waals surface area contributed by atoms with Gasteiger partial charge in [-0.1, -0.05) is 18.6 Å². The van der Waals surface area contributed by atoms with Gasteiger partial charge in [0.2, 0.25) is 0 Å². The van der Waals surface area contributed by atoms with Gasteiger partial charge in [0.1, 0.15) is 5.82 Å². The number of hydrogen-bond donors (Lipinski definition) is 1. The summed E-state index contributed by atoms with van der Waals surface area (Å²) in [6, 6.07) is 1.36. The standard InChI is InChI=1S/C11H12F3N/c1-2-7(6-15)3-8-4-10(13)11(14)5-9(8)12/h3-5H,2,6,15H2,1H3/b7-3-. The van der Waals surface area contributed by atoms with Crippen LogP contribution >= 0.6 is 0 Å². The van der Waals surface area contributed by atoms with Crippen LogP contribution in [-0.2, 0) is 0 Å². The van der Waals surface area contributed by atoms with Crippen LogP contribution < -0.4 is 5.73 Å². The van der Waals surface area contributed by atoms with Crippen LogP contribution in [0.25, 0.3) is 6.08 Å². The van der Waals surface area contributed by atoms with Gasteiger partial charge < -0.3 is 5.73 Å². The van der Waals surface area contributed by atoms with Crippen molar-refractivity contribution in [3.05, 3.63) is 40.7 Å². The van der Waals surface area contributed by atoms with E-state index in [0.717, 1.165) is 11.6 Å². The topological polar surface area (TPSA) is 26.0 Å². The van der Waals surface area contributed by atoms with Crippen molar-refractivity contribution in [2.75, 3.05) is 6.54 Å². The highest BCUT2D eigenvalue weighted by Crippen LogP contribution is 2.17. The van der Waals surface area contributed by atoms with E-state index in [1.807, 2.05) is 6.92 Å². The molecule has 0 radical (unpaired) electrons. The molecule has 0 saturated carbocycles. The molecule has 82 valence electrons. The summed E-state index contributed by atoms with van der Waals surface area (Å²) in [6.45, 7) is 2.13. The van der Waals surface area contributed by atoms with E-state index in [9.17, 15) is 13.2 Å². The molecule has 0 aliphatic heterocycles. The molecule has 15 heavy (non-hydrogen) atoms. The van der Waals surface area contributed by atoms with Gasteiger partial charge in [-0.15, -0.1) is 0 Å². The van der Waals surface area contributed by atoms with E-state index in [0.29, 0.717) is 12.5 Å². The maximum atomic E-state index is 13.2. The molecule has 0 heterocycles. The molecule has 1 aromatic carbocycles. The SMILES string of the molecule is CC/C(=C/c1cc(F)c(F)cc1F)CN. The quantitative estimate of drug-likeness (QED) is 0.771. The van der Waals surface area contributed by atoms with Gasteiger partial charge in [-0.2, -0.15) is 0 Å². The zero-order valence-electron chi connectivity index (χ0n) is 8.36. The third kappa shape index (κ3) is 2.83. The van der Waals surface area contributed by atoms with Gasteiger partial charge in [0, 0.05) is 18.2 Å². The molecule has 0 aliphatic rings. The van der Waals surface area contributed by atoms with Gasteiger partial charge in [0.15, 0.2) is 11.6 Å². The summed E-state index contributed by atoms with van der Waals surface area (Å²) in [4.78, 5) is 0. The number of halogens is 3. The lowest BCUT2D eigenvalue weighted by Crippen LogP contribution is -2.02. The Balaban J connectivity index is 3.15. The number of nitrogens with two attached hydrogens (primary N) is 1. The highest BCUT2D eigenvalue weighted by molar-refractivity contribution is 5.54. The molecule has 0 bridgehead atoms. The van der Waals surface area contributed by atoms with Crippen LogP contribution in [0.2, 0.25) is 0 Å². The van der Waals surface area contributed by atoms with Crippen LogP contribution in [0.4, 0.5) is 13.2 Å². The van der Waals surface area contributed by atoms with Crippen molar-refractivity contribution < 1.29 is 13.2 Å². The molecular weight excluding hydrogens is 203 g/mol. The average Bonchev–Trinajstić information content (AvgIpc) is 2.21. The fourth-order valence-electron chi connectivity index (χ4n) is 1.17. The first-order valence-corrected chi connectivity index (χ1v) is 4.62. The molecule has 0 aromatic heterocycles. The summed E-state index contributed by atoms with van der Waals surface area (Å²) < 4.78 is 38.6. The molecule has 0 unspecified atom stereocenters.